The monoisotopic (exact) mass is 605 g/mol. The Bertz CT molecular complexity index is 1320. The Morgan fingerprint density at radius 1 is 1.26 bits per heavy atom. The Balaban J connectivity index is 1.85. The molecule has 206 valence electrons. The molecule has 16 heteroatoms. The second kappa shape index (κ2) is 12.8. The normalized spacial score (nSPS) is 15.6. The number of allylic oxidation sites excluding steroid dienone is 3. The van der Waals surface area contributed by atoms with Gasteiger partial charge in [0.15, 0.2) is 27.3 Å². The summed E-state index contributed by atoms with van der Waals surface area (Å²) in [5, 5.41) is 20.4. The Labute approximate surface area is 234 Å². The van der Waals surface area contributed by atoms with Crippen molar-refractivity contribution in [1.29, 1.82) is 5.41 Å². The maximum absolute atomic E-state index is 13.3. The number of thiocarbonyl (C=S) groups is 1. The number of carbonyl (C=O) groups excluding carboxylic acids is 1. The van der Waals surface area contributed by atoms with Gasteiger partial charge in [-0.05, 0) is 36.6 Å². The molecule has 0 radical (unpaired) electrons. The van der Waals surface area contributed by atoms with Gasteiger partial charge in [-0.25, -0.2) is 18.6 Å². The zero-order valence-electron chi connectivity index (χ0n) is 19.8. The summed E-state index contributed by atoms with van der Waals surface area (Å²) in [4.78, 5) is 25.2. The second-order valence-electron chi connectivity index (χ2n) is 8.25. The number of nitrogens with two attached hydrogens (primary N) is 1. The highest BCUT2D eigenvalue weighted by molar-refractivity contribution is 7.96. The number of aliphatic carboxylic acids is 1. The first-order chi connectivity index (χ1) is 17.9. The molecule has 12 nitrogen and oxygen atoms in total. The molecule has 1 aliphatic heterocycles. The molecule has 1 aromatic carbocycles. The second-order valence-corrected chi connectivity index (χ2v) is 11.6. The number of carboxylic acids is 1. The fraction of sp³-hybridized carbons (Fsp3) is 0.364. The minimum Gasteiger partial charge on any atom is -0.480 e. The van der Waals surface area contributed by atoms with Gasteiger partial charge in [-0.3, -0.25) is 15.2 Å². The average molecular weight is 607 g/mol. The van der Waals surface area contributed by atoms with Crippen molar-refractivity contribution in [3.8, 4) is 11.5 Å². The SMILES string of the molecule is N=C(N)NCCC[C@@H](C(=O)O)N(NCc1ccc2c(c1)OCO2)C(=O)CS(=O)(=O)C1=C(Cl)C(=S)CC(Cl)=C1. The Hall–Kier alpha value is -2.91. The molecule has 2 aliphatic rings. The minimum atomic E-state index is -4.35. The maximum atomic E-state index is 13.3. The maximum Gasteiger partial charge on any atom is 0.328 e. The largest absolute Gasteiger partial charge is 0.480 e. The lowest BCUT2D eigenvalue weighted by atomic mass is 10.1. The lowest BCUT2D eigenvalue weighted by Crippen LogP contribution is -2.54. The number of guanidine groups is 1. The summed E-state index contributed by atoms with van der Waals surface area (Å²) in [6.07, 6.45) is 1.37. The summed E-state index contributed by atoms with van der Waals surface area (Å²) < 4.78 is 36.9. The number of hydrogen-bond acceptors (Lipinski definition) is 9. The summed E-state index contributed by atoms with van der Waals surface area (Å²) in [5.74, 6) is -2.76. The number of rotatable bonds is 12. The summed E-state index contributed by atoms with van der Waals surface area (Å²) in [5.41, 5.74) is 8.63. The van der Waals surface area contributed by atoms with E-state index in [2.05, 4.69) is 10.7 Å². The van der Waals surface area contributed by atoms with Crippen LogP contribution in [0.5, 0.6) is 11.5 Å². The molecule has 1 aliphatic carbocycles. The first-order valence-electron chi connectivity index (χ1n) is 11.2. The van der Waals surface area contributed by atoms with Crippen molar-refractivity contribution in [3.63, 3.8) is 0 Å². The van der Waals surface area contributed by atoms with Gasteiger partial charge in [0.1, 0.15) is 11.8 Å². The van der Waals surface area contributed by atoms with Crippen LogP contribution in [-0.2, 0) is 26.0 Å². The van der Waals surface area contributed by atoms with E-state index in [-0.39, 0.29) is 60.0 Å². The molecule has 1 atom stereocenters. The van der Waals surface area contributed by atoms with E-state index in [1.165, 1.54) is 0 Å². The van der Waals surface area contributed by atoms with Crippen LogP contribution < -0.4 is 25.9 Å². The quantitative estimate of drug-likeness (QED) is 0.0768. The molecule has 0 saturated carbocycles. The number of sulfone groups is 1. The number of nitrogens with one attached hydrogen (secondary N) is 3. The molecule has 3 rings (SSSR count). The van der Waals surface area contributed by atoms with Gasteiger partial charge >= 0.3 is 5.97 Å². The molecule has 0 saturated heterocycles. The van der Waals surface area contributed by atoms with Gasteiger partial charge in [0.25, 0.3) is 5.91 Å². The van der Waals surface area contributed by atoms with Crippen LogP contribution in [0.3, 0.4) is 0 Å². The summed E-state index contributed by atoms with van der Waals surface area (Å²) in [6, 6.07) is 3.56. The van der Waals surface area contributed by atoms with Gasteiger partial charge in [-0.2, -0.15) is 0 Å². The highest BCUT2D eigenvalue weighted by atomic mass is 35.5. The molecule has 0 unspecified atom stereocenters. The summed E-state index contributed by atoms with van der Waals surface area (Å²) in [6.45, 7) is 0.201. The molecule has 6 N–H and O–H groups in total. The Kier molecular flexibility index (Phi) is 9.95. The summed E-state index contributed by atoms with van der Waals surface area (Å²) >= 11 is 17.2. The molecule has 0 fully saturated rings. The highest BCUT2D eigenvalue weighted by Crippen LogP contribution is 2.33. The number of nitrogens with zero attached hydrogens (tertiary/aromatic N) is 1. The third kappa shape index (κ3) is 7.57. The molecule has 0 aromatic heterocycles. The smallest absolute Gasteiger partial charge is 0.328 e. The lowest BCUT2D eigenvalue weighted by molar-refractivity contribution is -0.152. The number of carboxylic acid groups (broad SMARTS) is 1. The van der Waals surface area contributed by atoms with Gasteiger partial charge in [-0.1, -0.05) is 41.5 Å². The van der Waals surface area contributed by atoms with Crippen LogP contribution in [0.15, 0.2) is 39.2 Å². The van der Waals surface area contributed by atoms with Crippen molar-refractivity contribution in [1.82, 2.24) is 15.8 Å². The van der Waals surface area contributed by atoms with E-state index in [1.54, 1.807) is 18.2 Å². The summed E-state index contributed by atoms with van der Waals surface area (Å²) in [7, 11) is -4.35. The first kappa shape index (κ1) is 29.6. The van der Waals surface area contributed by atoms with Gasteiger partial charge in [0.2, 0.25) is 6.79 Å². The van der Waals surface area contributed by atoms with Crippen LogP contribution in [0.4, 0.5) is 0 Å². The number of benzene rings is 1. The zero-order valence-corrected chi connectivity index (χ0v) is 23.0. The van der Waals surface area contributed by atoms with Crippen LogP contribution in [0.2, 0.25) is 0 Å². The van der Waals surface area contributed by atoms with Crippen molar-refractivity contribution >= 4 is 68.0 Å². The lowest BCUT2D eigenvalue weighted by Gasteiger charge is -2.30. The number of hydrogen-bond donors (Lipinski definition) is 5. The number of carbonyl (C=O) groups is 2. The third-order valence-electron chi connectivity index (χ3n) is 5.45. The molecular weight excluding hydrogens is 581 g/mol. The van der Waals surface area contributed by atoms with E-state index in [0.29, 0.717) is 17.1 Å². The molecule has 1 aromatic rings. The van der Waals surface area contributed by atoms with E-state index in [0.717, 1.165) is 11.1 Å². The third-order valence-corrected chi connectivity index (χ3v) is 8.32. The zero-order chi connectivity index (χ0) is 28.0. The van der Waals surface area contributed by atoms with E-state index < -0.39 is 38.4 Å². The first-order valence-corrected chi connectivity index (χ1v) is 14.0. The van der Waals surface area contributed by atoms with Crippen LogP contribution in [-0.4, -0.2) is 66.4 Å². The molecule has 0 bridgehead atoms. The Morgan fingerprint density at radius 2 is 1.97 bits per heavy atom. The van der Waals surface area contributed by atoms with Crippen LogP contribution >= 0.6 is 35.4 Å². The van der Waals surface area contributed by atoms with Crippen LogP contribution in [0.25, 0.3) is 0 Å². The topological polar surface area (TPSA) is 184 Å². The van der Waals surface area contributed by atoms with Crippen molar-refractivity contribution in [2.24, 2.45) is 5.73 Å². The fourth-order valence-corrected chi connectivity index (χ4v) is 6.17. The number of hydrazine groups is 1. The number of fused-ring (bicyclic) bond motifs is 1. The number of ether oxygens (including phenoxy) is 2. The van der Waals surface area contributed by atoms with Gasteiger partial charge < -0.3 is 25.6 Å². The van der Waals surface area contributed by atoms with Crippen LogP contribution in [0.1, 0.15) is 24.8 Å². The average Bonchev–Trinajstić information content (AvgIpc) is 3.30. The van der Waals surface area contributed by atoms with Crippen molar-refractivity contribution in [2.45, 2.75) is 31.8 Å². The predicted molar refractivity (Wildman–Crippen MR) is 145 cm³/mol. The fourth-order valence-electron chi connectivity index (χ4n) is 3.64. The van der Waals surface area contributed by atoms with Crippen molar-refractivity contribution in [2.75, 3.05) is 19.1 Å². The minimum absolute atomic E-state index is 0.0306. The van der Waals surface area contributed by atoms with Crippen molar-refractivity contribution in [3.05, 3.63) is 44.8 Å². The predicted octanol–water partition coefficient (Wildman–Crippen LogP) is 1.73. The van der Waals surface area contributed by atoms with E-state index in [1.807, 2.05) is 0 Å². The highest BCUT2D eigenvalue weighted by Gasteiger charge is 2.35. The van der Waals surface area contributed by atoms with Gasteiger partial charge in [0, 0.05) is 29.4 Å². The molecular formula is C22H25Cl2N5O7S2. The van der Waals surface area contributed by atoms with Gasteiger partial charge in [0.05, 0.1) is 9.94 Å². The molecule has 0 spiro atoms. The van der Waals surface area contributed by atoms with Crippen molar-refractivity contribution < 1.29 is 32.6 Å². The van der Waals surface area contributed by atoms with Crippen LogP contribution in [0, 0.1) is 5.41 Å². The number of halogens is 2. The molecule has 1 amide bonds. The standard InChI is InChI=1S/C22H25Cl2N5O7S2/c23-13-7-17(37)20(24)18(8-13)38(33,34)10-19(30)29(14(21(31)32)2-1-5-27-22(25)26)28-9-12-3-4-15-16(6-12)36-11-35-15/h3-4,6,8,14,28H,1-2,5,7,9-11H2,(H,31,32)(H4,25,26,27)/t14-/m0/s1. The number of amides is 1. The van der Waals surface area contributed by atoms with E-state index in [4.69, 9.17) is 56.0 Å². The van der Waals surface area contributed by atoms with E-state index in [9.17, 15) is 23.1 Å². The molecule has 1 heterocycles. The Morgan fingerprint density at radius 3 is 2.66 bits per heavy atom. The molecule has 38 heavy (non-hydrogen) atoms. The van der Waals surface area contributed by atoms with Gasteiger partial charge in [-0.15, -0.1) is 0 Å². The van der Waals surface area contributed by atoms with E-state index >= 15 is 0 Å².